The van der Waals surface area contributed by atoms with E-state index in [0.29, 0.717) is 6.73 Å². The Bertz CT molecular complexity index is 575. The third-order valence-corrected chi connectivity index (χ3v) is 5.48. The van der Waals surface area contributed by atoms with Crippen LogP contribution in [0.25, 0.3) is 10.9 Å². The van der Waals surface area contributed by atoms with Crippen molar-refractivity contribution < 1.29 is 4.74 Å². The van der Waals surface area contributed by atoms with Crippen LogP contribution in [0.2, 0.25) is 25.7 Å². The maximum Gasteiger partial charge on any atom is 0.140 e. The Kier molecular flexibility index (Phi) is 4.68. The first-order chi connectivity index (χ1) is 8.87. The first-order valence-electron chi connectivity index (χ1n) is 6.57. The van der Waals surface area contributed by atoms with E-state index in [1.165, 1.54) is 15.0 Å². The lowest BCUT2D eigenvalue weighted by Gasteiger charge is -2.15. The molecule has 1 heterocycles. The molecular weight excluding hydrogens is 367 g/mol. The maximum absolute atomic E-state index is 5.78. The van der Waals surface area contributed by atoms with E-state index in [9.17, 15) is 0 Å². The molecule has 1 aromatic heterocycles. The Balaban J connectivity index is 2.05. The first-order valence-corrected chi connectivity index (χ1v) is 11.4. The van der Waals surface area contributed by atoms with Crippen molar-refractivity contribution >= 4 is 41.6 Å². The third kappa shape index (κ3) is 4.03. The van der Waals surface area contributed by atoms with Crippen molar-refractivity contribution in [2.45, 2.75) is 39.3 Å². The van der Waals surface area contributed by atoms with Crippen LogP contribution in [0.1, 0.15) is 5.69 Å². The smallest absolute Gasteiger partial charge is 0.140 e. The van der Waals surface area contributed by atoms with Gasteiger partial charge >= 0.3 is 0 Å². The summed E-state index contributed by atoms with van der Waals surface area (Å²) in [5, 5.41) is 5.79. The largest absolute Gasteiger partial charge is 0.360 e. The summed E-state index contributed by atoms with van der Waals surface area (Å²) in [5.74, 6) is 0. The zero-order chi connectivity index (χ0) is 14.0. The molecule has 3 nitrogen and oxygen atoms in total. The zero-order valence-corrected chi connectivity index (χ0v) is 15.2. The van der Waals surface area contributed by atoms with Crippen LogP contribution in [0.15, 0.2) is 18.2 Å². The van der Waals surface area contributed by atoms with Gasteiger partial charge in [0.2, 0.25) is 0 Å². The molecule has 0 unspecified atom stereocenters. The monoisotopic (exact) mass is 388 g/mol. The number of halogens is 1. The van der Waals surface area contributed by atoms with Gasteiger partial charge in [-0.3, -0.25) is 0 Å². The lowest BCUT2D eigenvalue weighted by atomic mass is 10.2. The fourth-order valence-electron chi connectivity index (χ4n) is 1.94. The molecule has 0 aliphatic heterocycles. The van der Waals surface area contributed by atoms with Crippen LogP contribution in [-0.4, -0.2) is 24.5 Å². The highest BCUT2D eigenvalue weighted by molar-refractivity contribution is 14.1. The van der Waals surface area contributed by atoms with E-state index in [2.05, 4.69) is 72.5 Å². The lowest BCUT2D eigenvalue weighted by Crippen LogP contribution is -2.22. The second-order valence-corrected chi connectivity index (χ2v) is 13.0. The van der Waals surface area contributed by atoms with Gasteiger partial charge in [0, 0.05) is 23.6 Å². The van der Waals surface area contributed by atoms with Gasteiger partial charge in [-0.25, -0.2) is 4.68 Å². The van der Waals surface area contributed by atoms with Gasteiger partial charge in [0.15, 0.2) is 0 Å². The van der Waals surface area contributed by atoms with Crippen molar-refractivity contribution in [2.24, 2.45) is 0 Å². The summed E-state index contributed by atoms with van der Waals surface area (Å²) >= 11 is 2.33. The Morgan fingerprint density at radius 3 is 2.74 bits per heavy atom. The fourth-order valence-corrected chi connectivity index (χ4v) is 3.19. The van der Waals surface area contributed by atoms with Crippen LogP contribution in [0, 0.1) is 10.5 Å². The number of fused-ring (bicyclic) bond motifs is 1. The van der Waals surface area contributed by atoms with Crippen LogP contribution in [0.3, 0.4) is 0 Å². The van der Waals surface area contributed by atoms with Gasteiger partial charge in [-0.2, -0.15) is 5.10 Å². The minimum atomic E-state index is -1.01. The minimum Gasteiger partial charge on any atom is -0.360 e. The molecule has 2 rings (SSSR count). The van der Waals surface area contributed by atoms with E-state index >= 15 is 0 Å². The van der Waals surface area contributed by atoms with Gasteiger partial charge in [-0.05, 0) is 53.8 Å². The van der Waals surface area contributed by atoms with Crippen LogP contribution in [0.4, 0.5) is 0 Å². The highest BCUT2D eigenvalue weighted by atomic mass is 127. The van der Waals surface area contributed by atoms with Crippen molar-refractivity contribution in [3.8, 4) is 0 Å². The summed E-state index contributed by atoms with van der Waals surface area (Å²) in [6.07, 6.45) is 0. The molecule has 19 heavy (non-hydrogen) atoms. The lowest BCUT2D eigenvalue weighted by molar-refractivity contribution is 0.0815. The highest BCUT2D eigenvalue weighted by Gasteiger charge is 2.12. The topological polar surface area (TPSA) is 27.1 Å². The van der Waals surface area contributed by atoms with Crippen LogP contribution >= 0.6 is 22.6 Å². The molecule has 0 atom stereocenters. The molecule has 0 radical (unpaired) electrons. The molecule has 0 bridgehead atoms. The van der Waals surface area contributed by atoms with E-state index < -0.39 is 8.07 Å². The first kappa shape index (κ1) is 15.0. The molecular formula is C14H21IN2OSi. The number of nitrogens with zero attached hydrogens (tertiary/aromatic N) is 2. The molecule has 5 heteroatoms. The average Bonchev–Trinajstić information content (AvgIpc) is 2.60. The number of aromatic nitrogens is 2. The van der Waals surface area contributed by atoms with Crippen molar-refractivity contribution in [3.05, 3.63) is 27.5 Å². The van der Waals surface area contributed by atoms with Crippen molar-refractivity contribution in [2.75, 3.05) is 6.61 Å². The summed E-state index contributed by atoms with van der Waals surface area (Å²) in [4.78, 5) is 0. The van der Waals surface area contributed by atoms with E-state index in [4.69, 9.17) is 4.74 Å². The number of aryl methyl sites for hydroxylation is 1. The number of ether oxygens (including phenoxy) is 1. The van der Waals surface area contributed by atoms with Crippen LogP contribution in [0.5, 0.6) is 0 Å². The molecule has 0 aliphatic rings. The summed E-state index contributed by atoms with van der Waals surface area (Å²) in [6, 6.07) is 7.61. The summed E-state index contributed by atoms with van der Waals surface area (Å²) in [7, 11) is -1.01. The van der Waals surface area contributed by atoms with Gasteiger partial charge in [0.05, 0.1) is 11.2 Å². The molecule has 0 fully saturated rings. The van der Waals surface area contributed by atoms with E-state index in [1.807, 2.05) is 4.68 Å². The van der Waals surface area contributed by atoms with Gasteiger partial charge < -0.3 is 4.74 Å². The molecule has 1 aromatic carbocycles. The Hall–Kier alpha value is -0.403. The fraction of sp³-hybridized carbons (Fsp3) is 0.500. The normalized spacial score (nSPS) is 12.3. The molecule has 0 saturated heterocycles. The quantitative estimate of drug-likeness (QED) is 0.435. The highest BCUT2D eigenvalue weighted by Crippen LogP contribution is 2.21. The van der Waals surface area contributed by atoms with Crippen LogP contribution < -0.4 is 0 Å². The summed E-state index contributed by atoms with van der Waals surface area (Å²) in [5.41, 5.74) is 2.23. The average molecular weight is 388 g/mol. The third-order valence-electron chi connectivity index (χ3n) is 3.11. The van der Waals surface area contributed by atoms with Gasteiger partial charge in [0.1, 0.15) is 6.73 Å². The minimum absolute atomic E-state index is 0.551. The summed E-state index contributed by atoms with van der Waals surface area (Å²) in [6.45, 7) is 10.5. The molecule has 104 valence electrons. The second kappa shape index (κ2) is 5.93. The predicted molar refractivity (Wildman–Crippen MR) is 91.3 cm³/mol. The summed E-state index contributed by atoms with van der Waals surface area (Å²) < 4.78 is 8.99. The number of benzene rings is 1. The predicted octanol–water partition coefficient (Wildman–Crippen LogP) is 4.26. The van der Waals surface area contributed by atoms with Crippen molar-refractivity contribution in [3.63, 3.8) is 0 Å². The number of rotatable bonds is 5. The van der Waals surface area contributed by atoms with E-state index in [0.717, 1.165) is 17.8 Å². The molecule has 0 spiro atoms. The maximum atomic E-state index is 5.78. The molecule has 0 amide bonds. The van der Waals surface area contributed by atoms with Gasteiger partial charge in [-0.1, -0.05) is 19.6 Å². The Morgan fingerprint density at radius 2 is 2.05 bits per heavy atom. The van der Waals surface area contributed by atoms with Crippen molar-refractivity contribution in [1.29, 1.82) is 0 Å². The van der Waals surface area contributed by atoms with Gasteiger partial charge in [-0.15, -0.1) is 0 Å². The Morgan fingerprint density at radius 1 is 1.32 bits per heavy atom. The standard InChI is InChI=1S/C14H21IN2OSi/c1-11-13-9-12(15)5-6-14(13)17(16-11)10-18-7-8-19(2,3)4/h5-6,9H,7-8,10H2,1-4H3. The van der Waals surface area contributed by atoms with Crippen molar-refractivity contribution in [1.82, 2.24) is 9.78 Å². The number of hydrogen-bond acceptors (Lipinski definition) is 2. The van der Waals surface area contributed by atoms with E-state index in [-0.39, 0.29) is 0 Å². The SMILES string of the molecule is Cc1nn(COCC[Si](C)(C)C)c2ccc(I)cc12. The second-order valence-electron chi connectivity index (χ2n) is 6.09. The van der Waals surface area contributed by atoms with Gasteiger partial charge in [0.25, 0.3) is 0 Å². The van der Waals surface area contributed by atoms with E-state index in [1.54, 1.807) is 0 Å². The Labute approximate surface area is 129 Å². The van der Waals surface area contributed by atoms with Crippen LogP contribution in [-0.2, 0) is 11.5 Å². The zero-order valence-electron chi connectivity index (χ0n) is 12.0. The molecule has 2 aromatic rings. The molecule has 0 N–H and O–H groups in total. The molecule has 0 aliphatic carbocycles. The molecule has 0 saturated carbocycles. The number of hydrogen-bond donors (Lipinski definition) is 0.